The van der Waals surface area contributed by atoms with E-state index in [0.29, 0.717) is 36.2 Å². The van der Waals surface area contributed by atoms with E-state index >= 15 is 0 Å². The second-order valence-electron chi connectivity index (χ2n) is 13.0. The van der Waals surface area contributed by atoms with Crippen LogP contribution in [-0.2, 0) is 9.53 Å². The van der Waals surface area contributed by atoms with Crippen molar-refractivity contribution in [1.29, 1.82) is 0 Å². The number of likely N-dealkylation sites (tertiary alicyclic amines) is 1. The molecule has 3 aliphatic rings. The van der Waals surface area contributed by atoms with Gasteiger partial charge in [-0.05, 0) is 112 Å². The fourth-order valence-corrected chi connectivity index (χ4v) is 7.75. The number of esters is 1. The predicted octanol–water partition coefficient (Wildman–Crippen LogP) is 7.15. The number of rotatable bonds is 13. The number of aliphatic hydroxyl groups is 1. The van der Waals surface area contributed by atoms with Crippen LogP contribution >= 0.6 is 0 Å². The predicted molar refractivity (Wildman–Crippen MR) is 145 cm³/mol. The number of fused-ring (bicyclic) bond motifs is 1. The summed E-state index contributed by atoms with van der Waals surface area (Å²) in [6, 6.07) is 0. The van der Waals surface area contributed by atoms with Crippen molar-refractivity contribution in [2.75, 3.05) is 32.8 Å². The van der Waals surface area contributed by atoms with Crippen LogP contribution in [0.15, 0.2) is 11.6 Å². The Morgan fingerprint density at radius 3 is 2.57 bits per heavy atom. The molecule has 0 unspecified atom stereocenters. The molecule has 2 fully saturated rings. The van der Waals surface area contributed by atoms with Gasteiger partial charge in [-0.2, -0.15) is 0 Å². The lowest BCUT2D eigenvalue weighted by Gasteiger charge is -2.57. The average molecular weight is 490 g/mol. The third-order valence-corrected chi connectivity index (χ3v) is 9.86. The highest BCUT2D eigenvalue weighted by molar-refractivity contribution is 5.69. The molecule has 0 bridgehead atoms. The van der Waals surface area contributed by atoms with Crippen molar-refractivity contribution < 1.29 is 14.6 Å². The Balaban J connectivity index is 1.33. The van der Waals surface area contributed by atoms with Gasteiger partial charge < -0.3 is 14.7 Å². The van der Waals surface area contributed by atoms with Crippen LogP contribution in [0, 0.1) is 28.6 Å². The number of ether oxygens (including phenoxy) is 1. The SMILES string of the molecule is C[C@@H](CC[C@H]1C(CO)=CC[C@H]2C(C)(C)CCC[C@]12C)CC(=O)OCCCCCCN1CCCCC1. The van der Waals surface area contributed by atoms with Crippen molar-refractivity contribution in [3.8, 4) is 0 Å². The molecule has 0 aromatic heterocycles. The van der Waals surface area contributed by atoms with Crippen molar-refractivity contribution in [2.24, 2.45) is 28.6 Å². The Morgan fingerprint density at radius 1 is 1.09 bits per heavy atom. The summed E-state index contributed by atoms with van der Waals surface area (Å²) in [4.78, 5) is 15.0. The highest BCUT2D eigenvalue weighted by Gasteiger charge is 2.52. The van der Waals surface area contributed by atoms with Gasteiger partial charge in [0, 0.05) is 6.42 Å². The van der Waals surface area contributed by atoms with Gasteiger partial charge in [0.25, 0.3) is 0 Å². The molecule has 0 spiro atoms. The van der Waals surface area contributed by atoms with Crippen LogP contribution in [0.4, 0.5) is 0 Å². The van der Waals surface area contributed by atoms with Crippen LogP contribution in [-0.4, -0.2) is 48.8 Å². The van der Waals surface area contributed by atoms with Gasteiger partial charge in [0.2, 0.25) is 0 Å². The van der Waals surface area contributed by atoms with Crippen LogP contribution in [0.25, 0.3) is 0 Å². The smallest absolute Gasteiger partial charge is 0.306 e. The van der Waals surface area contributed by atoms with E-state index in [4.69, 9.17) is 4.74 Å². The lowest BCUT2D eigenvalue weighted by molar-refractivity contribution is -0.144. The van der Waals surface area contributed by atoms with E-state index in [-0.39, 0.29) is 18.0 Å². The van der Waals surface area contributed by atoms with E-state index in [1.807, 2.05) is 0 Å². The van der Waals surface area contributed by atoms with Crippen molar-refractivity contribution in [2.45, 2.75) is 118 Å². The summed E-state index contributed by atoms with van der Waals surface area (Å²) >= 11 is 0. The first-order valence-electron chi connectivity index (χ1n) is 14.9. The number of hydrogen-bond acceptors (Lipinski definition) is 4. The molecule has 0 aromatic rings. The molecule has 202 valence electrons. The van der Waals surface area contributed by atoms with Crippen LogP contribution in [0.1, 0.15) is 118 Å². The van der Waals surface area contributed by atoms with Gasteiger partial charge in [0.05, 0.1) is 13.2 Å². The molecule has 4 heteroatoms. The van der Waals surface area contributed by atoms with Gasteiger partial charge in [0.15, 0.2) is 0 Å². The zero-order valence-electron chi connectivity index (χ0n) is 23.5. The molecular formula is C31H55NO3. The Hall–Kier alpha value is -0.870. The van der Waals surface area contributed by atoms with Gasteiger partial charge >= 0.3 is 5.97 Å². The van der Waals surface area contributed by atoms with Crippen molar-refractivity contribution in [3.63, 3.8) is 0 Å². The maximum absolute atomic E-state index is 12.4. The number of allylic oxidation sites excluding steroid dienone is 1. The maximum atomic E-state index is 12.4. The second kappa shape index (κ2) is 13.6. The van der Waals surface area contributed by atoms with Gasteiger partial charge in [-0.25, -0.2) is 0 Å². The summed E-state index contributed by atoms with van der Waals surface area (Å²) in [6.45, 7) is 14.1. The van der Waals surface area contributed by atoms with Crippen LogP contribution in [0.3, 0.4) is 0 Å². The van der Waals surface area contributed by atoms with Crippen molar-refractivity contribution in [1.82, 2.24) is 4.90 Å². The third-order valence-electron chi connectivity index (χ3n) is 9.86. The number of nitrogens with zero attached hydrogens (tertiary/aromatic N) is 1. The molecule has 4 atom stereocenters. The molecule has 4 nitrogen and oxygen atoms in total. The van der Waals surface area contributed by atoms with E-state index in [0.717, 1.165) is 32.1 Å². The minimum atomic E-state index is -0.0322. The molecule has 0 aromatic carbocycles. The highest BCUT2D eigenvalue weighted by atomic mass is 16.5. The monoisotopic (exact) mass is 489 g/mol. The van der Waals surface area contributed by atoms with Gasteiger partial charge in [-0.3, -0.25) is 4.79 Å². The fraction of sp³-hybridized carbons (Fsp3) is 0.903. The first kappa shape index (κ1) is 28.7. The molecule has 0 amide bonds. The van der Waals surface area contributed by atoms with E-state index in [9.17, 15) is 9.90 Å². The molecule has 1 saturated carbocycles. The zero-order valence-corrected chi connectivity index (χ0v) is 23.5. The topological polar surface area (TPSA) is 49.8 Å². The van der Waals surface area contributed by atoms with E-state index in [1.54, 1.807) is 0 Å². The molecule has 1 heterocycles. The summed E-state index contributed by atoms with van der Waals surface area (Å²) < 4.78 is 5.58. The van der Waals surface area contributed by atoms with Crippen LogP contribution < -0.4 is 0 Å². The number of piperidine rings is 1. The largest absolute Gasteiger partial charge is 0.466 e. The molecular weight excluding hydrogens is 434 g/mol. The first-order chi connectivity index (χ1) is 16.8. The highest BCUT2D eigenvalue weighted by Crippen LogP contribution is 2.60. The number of unbranched alkanes of at least 4 members (excludes halogenated alkanes) is 3. The molecule has 2 aliphatic carbocycles. The molecule has 35 heavy (non-hydrogen) atoms. The zero-order chi connectivity index (χ0) is 25.3. The molecule has 1 aliphatic heterocycles. The third kappa shape index (κ3) is 8.06. The minimum absolute atomic E-state index is 0.0322. The Kier molecular flexibility index (Phi) is 11.2. The van der Waals surface area contributed by atoms with Crippen LogP contribution in [0.2, 0.25) is 0 Å². The Bertz CT molecular complexity index is 681. The lowest BCUT2D eigenvalue weighted by atomic mass is 9.48. The van der Waals surface area contributed by atoms with Crippen LogP contribution in [0.5, 0.6) is 0 Å². The number of carbonyl (C=O) groups is 1. The van der Waals surface area contributed by atoms with E-state index in [1.165, 1.54) is 76.6 Å². The number of hydrogen-bond donors (Lipinski definition) is 1. The molecule has 1 N–H and O–H groups in total. The maximum Gasteiger partial charge on any atom is 0.306 e. The second-order valence-corrected chi connectivity index (χ2v) is 13.0. The molecule has 3 rings (SSSR count). The number of aliphatic hydroxyl groups excluding tert-OH is 1. The van der Waals surface area contributed by atoms with Crippen molar-refractivity contribution in [3.05, 3.63) is 11.6 Å². The summed E-state index contributed by atoms with van der Waals surface area (Å²) in [6.07, 6.45) is 18.7. The van der Waals surface area contributed by atoms with E-state index < -0.39 is 0 Å². The summed E-state index contributed by atoms with van der Waals surface area (Å²) in [5.41, 5.74) is 1.88. The average Bonchev–Trinajstić information content (AvgIpc) is 2.82. The number of carbonyl (C=O) groups excluding carboxylic acids is 1. The van der Waals surface area contributed by atoms with Crippen molar-refractivity contribution >= 4 is 5.97 Å². The normalized spacial score (nSPS) is 29.8. The van der Waals surface area contributed by atoms with Gasteiger partial charge in [0.1, 0.15) is 0 Å². The summed E-state index contributed by atoms with van der Waals surface area (Å²) in [7, 11) is 0. The standard InChI is InChI=1S/C31H55NO3/c1-25(23-29(34)35-22-11-6-5-8-19-32-20-9-7-10-21-32)13-15-27-26(24-33)14-16-28-30(2,3)17-12-18-31(27,28)4/h14,25,27-28,33H,5-13,15-24H2,1-4H3/t25-,27-,28-,31+/m0/s1. The van der Waals surface area contributed by atoms with Gasteiger partial charge in [-0.15, -0.1) is 0 Å². The summed E-state index contributed by atoms with van der Waals surface area (Å²) in [5.74, 6) is 1.42. The summed E-state index contributed by atoms with van der Waals surface area (Å²) in [5, 5.41) is 10.1. The molecule has 1 saturated heterocycles. The lowest BCUT2D eigenvalue weighted by Crippen LogP contribution is -2.49. The Labute approximate surface area is 216 Å². The van der Waals surface area contributed by atoms with E-state index in [2.05, 4.69) is 38.7 Å². The minimum Gasteiger partial charge on any atom is -0.466 e. The fourth-order valence-electron chi connectivity index (χ4n) is 7.75. The Morgan fingerprint density at radius 2 is 1.83 bits per heavy atom. The molecule has 0 radical (unpaired) electrons. The first-order valence-corrected chi connectivity index (χ1v) is 14.9. The van der Waals surface area contributed by atoms with Gasteiger partial charge in [-0.1, -0.05) is 59.5 Å². The quantitative estimate of drug-likeness (QED) is 0.169.